The van der Waals surface area contributed by atoms with Crippen LogP contribution in [-0.2, 0) is 16.6 Å². The van der Waals surface area contributed by atoms with E-state index >= 15 is 0 Å². The quantitative estimate of drug-likeness (QED) is 0.777. The van der Waals surface area contributed by atoms with Crippen molar-refractivity contribution >= 4 is 21.6 Å². The van der Waals surface area contributed by atoms with Crippen LogP contribution in [0.2, 0.25) is 5.02 Å². The Bertz CT molecular complexity index is 933. The highest BCUT2D eigenvalue weighted by atomic mass is 35.5. The Morgan fingerprint density at radius 2 is 1.59 bits per heavy atom. The van der Waals surface area contributed by atoms with Gasteiger partial charge in [0.15, 0.2) is 0 Å². The average Bonchev–Trinajstić information content (AvgIpc) is 3.09. The minimum atomic E-state index is -3.60. The van der Waals surface area contributed by atoms with Gasteiger partial charge >= 0.3 is 0 Å². The highest BCUT2D eigenvalue weighted by Gasteiger charge is 2.38. The second-order valence-electron chi connectivity index (χ2n) is 7.68. The molecule has 29 heavy (non-hydrogen) atoms. The van der Waals surface area contributed by atoms with Crippen molar-refractivity contribution in [3.8, 4) is 0 Å². The minimum Gasteiger partial charge on any atom is -0.390 e. The van der Waals surface area contributed by atoms with E-state index in [2.05, 4.69) is 21.9 Å². The lowest BCUT2D eigenvalue weighted by atomic mass is 10.1. The van der Waals surface area contributed by atoms with Crippen LogP contribution >= 0.6 is 11.6 Å². The highest BCUT2D eigenvalue weighted by molar-refractivity contribution is 7.89. The zero-order chi connectivity index (χ0) is 20.4. The summed E-state index contributed by atoms with van der Waals surface area (Å²) < 4.78 is 27.3. The van der Waals surface area contributed by atoms with Gasteiger partial charge in [-0.2, -0.15) is 4.31 Å². The van der Waals surface area contributed by atoms with Crippen molar-refractivity contribution in [1.82, 2.24) is 14.1 Å². The third-order valence-corrected chi connectivity index (χ3v) is 8.18. The predicted molar refractivity (Wildman–Crippen MR) is 113 cm³/mol. The number of sulfonamides is 1. The van der Waals surface area contributed by atoms with Gasteiger partial charge in [0.2, 0.25) is 10.0 Å². The first kappa shape index (κ1) is 20.8. The summed E-state index contributed by atoms with van der Waals surface area (Å²) in [6.45, 7) is 4.24. The van der Waals surface area contributed by atoms with Crippen LogP contribution in [-0.4, -0.2) is 79.0 Å². The van der Waals surface area contributed by atoms with Gasteiger partial charge in [-0.25, -0.2) is 8.42 Å². The molecule has 1 N–H and O–H groups in total. The molecule has 8 heteroatoms. The Kier molecular flexibility index (Phi) is 6.24. The van der Waals surface area contributed by atoms with Crippen molar-refractivity contribution in [2.45, 2.75) is 23.6 Å². The zero-order valence-corrected chi connectivity index (χ0v) is 17.8. The number of piperazine rings is 1. The summed E-state index contributed by atoms with van der Waals surface area (Å²) in [6, 6.07) is 16.8. The number of likely N-dealkylation sites (tertiary alicyclic amines) is 1. The molecule has 2 aliphatic heterocycles. The Hall–Kier alpha value is -1.48. The van der Waals surface area contributed by atoms with Gasteiger partial charge in [-0.3, -0.25) is 9.80 Å². The van der Waals surface area contributed by atoms with Crippen molar-refractivity contribution in [2.24, 2.45) is 0 Å². The highest BCUT2D eigenvalue weighted by Crippen LogP contribution is 2.26. The fraction of sp³-hybridized carbons (Fsp3) is 0.429. The number of aliphatic hydroxyl groups is 1. The summed E-state index contributed by atoms with van der Waals surface area (Å²) in [4.78, 5) is 4.64. The van der Waals surface area contributed by atoms with Gasteiger partial charge in [-0.15, -0.1) is 0 Å². The van der Waals surface area contributed by atoms with E-state index in [0.717, 1.165) is 13.1 Å². The molecule has 0 aromatic heterocycles. The number of halogens is 1. The molecule has 6 nitrogen and oxygen atoms in total. The molecule has 2 fully saturated rings. The number of benzene rings is 2. The van der Waals surface area contributed by atoms with E-state index in [1.807, 2.05) is 18.2 Å². The van der Waals surface area contributed by atoms with Gasteiger partial charge < -0.3 is 5.11 Å². The molecule has 0 bridgehead atoms. The van der Waals surface area contributed by atoms with Crippen LogP contribution in [0.25, 0.3) is 0 Å². The molecule has 4 rings (SSSR count). The lowest BCUT2D eigenvalue weighted by Crippen LogP contribution is -2.54. The van der Waals surface area contributed by atoms with Crippen LogP contribution in [0.5, 0.6) is 0 Å². The van der Waals surface area contributed by atoms with E-state index < -0.39 is 16.1 Å². The summed E-state index contributed by atoms with van der Waals surface area (Å²) in [5.41, 5.74) is 1.23. The van der Waals surface area contributed by atoms with Crippen molar-refractivity contribution < 1.29 is 13.5 Å². The smallest absolute Gasteiger partial charge is 0.244 e. The summed E-state index contributed by atoms with van der Waals surface area (Å²) in [7, 11) is -3.60. The number of nitrogens with zero attached hydrogens (tertiary/aromatic N) is 3. The fourth-order valence-corrected chi connectivity index (χ4v) is 6.16. The number of hydrogen-bond acceptors (Lipinski definition) is 5. The van der Waals surface area contributed by atoms with E-state index in [1.165, 1.54) is 9.87 Å². The number of rotatable bonds is 5. The topological polar surface area (TPSA) is 64.1 Å². The van der Waals surface area contributed by atoms with E-state index in [0.29, 0.717) is 32.7 Å². The third kappa shape index (κ3) is 4.50. The maximum atomic E-state index is 12.9. The van der Waals surface area contributed by atoms with Crippen LogP contribution in [0.3, 0.4) is 0 Å². The predicted octanol–water partition coefficient (Wildman–Crippen LogP) is 1.89. The second kappa shape index (κ2) is 8.71. The molecule has 0 spiro atoms. The molecule has 2 aromatic carbocycles. The molecule has 2 saturated heterocycles. The van der Waals surface area contributed by atoms with Gasteiger partial charge in [-0.1, -0.05) is 54.1 Å². The minimum absolute atomic E-state index is 0.0314. The first-order valence-electron chi connectivity index (χ1n) is 9.88. The Labute approximate surface area is 177 Å². The fourth-order valence-electron chi connectivity index (χ4n) is 4.25. The molecule has 2 unspecified atom stereocenters. The summed E-state index contributed by atoms with van der Waals surface area (Å²) in [5, 5.41) is 10.8. The van der Waals surface area contributed by atoms with Crippen molar-refractivity contribution in [3.05, 3.63) is 65.2 Å². The van der Waals surface area contributed by atoms with Gasteiger partial charge in [-0.05, 0) is 17.7 Å². The molecular formula is C21H26ClN3O3S. The molecule has 2 aliphatic rings. The molecule has 0 radical (unpaired) electrons. The lowest BCUT2D eigenvalue weighted by molar-refractivity contribution is 0.0618. The Morgan fingerprint density at radius 3 is 2.28 bits per heavy atom. The van der Waals surface area contributed by atoms with E-state index in [-0.39, 0.29) is 16.0 Å². The zero-order valence-electron chi connectivity index (χ0n) is 16.2. The first-order valence-corrected chi connectivity index (χ1v) is 11.7. The second-order valence-corrected chi connectivity index (χ2v) is 10.00. The van der Waals surface area contributed by atoms with Crippen LogP contribution in [0.15, 0.2) is 59.5 Å². The molecule has 0 amide bonds. The molecule has 156 valence electrons. The van der Waals surface area contributed by atoms with Crippen LogP contribution in [0.1, 0.15) is 5.56 Å². The Morgan fingerprint density at radius 1 is 0.931 bits per heavy atom. The van der Waals surface area contributed by atoms with Gasteiger partial charge in [0.25, 0.3) is 0 Å². The van der Waals surface area contributed by atoms with Crippen LogP contribution in [0, 0.1) is 0 Å². The van der Waals surface area contributed by atoms with Crippen LogP contribution in [0.4, 0.5) is 0 Å². The average molecular weight is 436 g/mol. The molecule has 2 aromatic rings. The van der Waals surface area contributed by atoms with Gasteiger partial charge in [0.05, 0.1) is 11.1 Å². The summed E-state index contributed by atoms with van der Waals surface area (Å²) in [6.07, 6.45) is -0.426. The molecule has 2 atom stereocenters. The maximum Gasteiger partial charge on any atom is 0.244 e. The van der Waals surface area contributed by atoms with Gasteiger partial charge in [0, 0.05) is 51.9 Å². The van der Waals surface area contributed by atoms with E-state index in [9.17, 15) is 13.5 Å². The van der Waals surface area contributed by atoms with Crippen molar-refractivity contribution in [2.75, 3.05) is 39.3 Å². The SMILES string of the molecule is O=S(=O)(c1ccccc1Cl)N1CCN(C2CN(Cc3ccccc3)CC2O)CC1. The summed E-state index contributed by atoms with van der Waals surface area (Å²) in [5.74, 6) is 0. The monoisotopic (exact) mass is 435 g/mol. The summed E-state index contributed by atoms with van der Waals surface area (Å²) >= 11 is 6.11. The third-order valence-electron chi connectivity index (χ3n) is 5.78. The maximum absolute atomic E-state index is 12.9. The van der Waals surface area contributed by atoms with Crippen LogP contribution < -0.4 is 0 Å². The number of hydrogen-bond donors (Lipinski definition) is 1. The Balaban J connectivity index is 1.36. The van der Waals surface area contributed by atoms with Gasteiger partial charge in [0.1, 0.15) is 4.90 Å². The van der Waals surface area contributed by atoms with Crippen molar-refractivity contribution in [1.29, 1.82) is 0 Å². The normalized spacial score (nSPS) is 24.8. The molecule has 0 saturated carbocycles. The number of β-amino-alcohol motifs (C(OH)–C–C–N with tert-alkyl or cyclic N) is 1. The van der Waals surface area contributed by atoms with E-state index in [4.69, 9.17) is 11.6 Å². The van der Waals surface area contributed by atoms with E-state index in [1.54, 1.807) is 24.3 Å². The standard InChI is InChI=1S/C21H26ClN3O3S/c22-18-8-4-5-9-21(18)29(27,28)25-12-10-24(11-13-25)19-15-23(16-20(19)26)14-17-6-2-1-3-7-17/h1-9,19-20,26H,10-16H2. The number of aliphatic hydroxyl groups excluding tert-OH is 1. The van der Waals surface area contributed by atoms with Crippen molar-refractivity contribution in [3.63, 3.8) is 0 Å². The first-order chi connectivity index (χ1) is 13.9. The molecule has 2 heterocycles. The lowest BCUT2D eigenvalue weighted by Gasteiger charge is -2.38. The molecular weight excluding hydrogens is 410 g/mol. The molecule has 0 aliphatic carbocycles. The largest absolute Gasteiger partial charge is 0.390 e.